The van der Waals surface area contributed by atoms with Gasteiger partial charge in [-0.1, -0.05) is 46.5 Å². The summed E-state index contributed by atoms with van der Waals surface area (Å²) in [5, 5.41) is 9.62. The Morgan fingerprint density at radius 2 is 1.88 bits per heavy atom. The highest BCUT2D eigenvalue weighted by Gasteiger charge is 2.37. The SMILES string of the molecule is CCCC1CCCC(C#N)(N(CC)CC)CC1. The molecule has 17 heavy (non-hydrogen) atoms. The van der Waals surface area contributed by atoms with Crippen LogP contribution in [0.2, 0.25) is 0 Å². The van der Waals surface area contributed by atoms with Crippen LogP contribution in [-0.2, 0) is 0 Å². The van der Waals surface area contributed by atoms with Crippen LogP contribution in [0, 0.1) is 17.2 Å². The fourth-order valence-electron chi connectivity index (χ4n) is 3.42. The second kappa shape index (κ2) is 7.01. The van der Waals surface area contributed by atoms with Gasteiger partial charge in [0.1, 0.15) is 5.54 Å². The molecule has 1 fully saturated rings. The van der Waals surface area contributed by atoms with Crippen LogP contribution in [0.4, 0.5) is 0 Å². The molecule has 0 N–H and O–H groups in total. The lowest BCUT2D eigenvalue weighted by Crippen LogP contribution is -2.47. The quantitative estimate of drug-likeness (QED) is 0.675. The lowest BCUT2D eigenvalue weighted by molar-refractivity contribution is 0.133. The molecule has 2 atom stereocenters. The Morgan fingerprint density at radius 3 is 2.41 bits per heavy atom. The molecule has 0 saturated heterocycles. The van der Waals surface area contributed by atoms with E-state index in [9.17, 15) is 5.26 Å². The Balaban J connectivity index is 2.71. The van der Waals surface area contributed by atoms with Gasteiger partial charge in [-0.3, -0.25) is 4.90 Å². The second-order valence-corrected chi connectivity index (χ2v) is 5.40. The van der Waals surface area contributed by atoms with E-state index < -0.39 is 0 Å². The summed E-state index contributed by atoms with van der Waals surface area (Å²) in [6.45, 7) is 8.63. The first kappa shape index (κ1) is 14.5. The van der Waals surface area contributed by atoms with E-state index in [2.05, 4.69) is 31.7 Å². The highest BCUT2D eigenvalue weighted by Crippen LogP contribution is 2.35. The van der Waals surface area contributed by atoms with Gasteiger partial charge in [-0.25, -0.2) is 0 Å². The zero-order valence-electron chi connectivity index (χ0n) is 11.8. The van der Waals surface area contributed by atoms with Crippen molar-refractivity contribution in [2.45, 2.75) is 71.3 Å². The van der Waals surface area contributed by atoms with Crippen molar-refractivity contribution in [3.05, 3.63) is 0 Å². The third-order valence-electron chi connectivity index (χ3n) is 4.44. The molecule has 2 unspecified atom stereocenters. The molecule has 0 spiro atoms. The van der Waals surface area contributed by atoms with Crippen molar-refractivity contribution < 1.29 is 0 Å². The van der Waals surface area contributed by atoms with Crippen LogP contribution in [0.1, 0.15) is 65.7 Å². The van der Waals surface area contributed by atoms with E-state index in [0.29, 0.717) is 0 Å². The highest BCUT2D eigenvalue weighted by molar-refractivity contribution is 5.09. The van der Waals surface area contributed by atoms with Crippen molar-refractivity contribution in [1.29, 1.82) is 5.26 Å². The van der Waals surface area contributed by atoms with Crippen molar-refractivity contribution in [3.63, 3.8) is 0 Å². The van der Waals surface area contributed by atoms with Crippen LogP contribution in [-0.4, -0.2) is 23.5 Å². The summed E-state index contributed by atoms with van der Waals surface area (Å²) in [6, 6.07) is 2.65. The Kier molecular flexibility index (Phi) is 5.98. The normalized spacial score (nSPS) is 29.9. The molecule has 0 radical (unpaired) electrons. The summed E-state index contributed by atoms with van der Waals surface area (Å²) < 4.78 is 0. The average molecular weight is 236 g/mol. The van der Waals surface area contributed by atoms with E-state index in [1.807, 2.05) is 0 Å². The summed E-state index contributed by atoms with van der Waals surface area (Å²) in [5.74, 6) is 0.866. The monoisotopic (exact) mass is 236 g/mol. The number of rotatable bonds is 5. The Morgan fingerprint density at radius 1 is 1.18 bits per heavy atom. The second-order valence-electron chi connectivity index (χ2n) is 5.40. The maximum Gasteiger partial charge on any atom is 0.109 e. The van der Waals surface area contributed by atoms with Crippen molar-refractivity contribution in [2.24, 2.45) is 5.92 Å². The first-order chi connectivity index (χ1) is 8.22. The zero-order valence-corrected chi connectivity index (χ0v) is 11.8. The van der Waals surface area contributed by atoms with Gasteiger partial charge in [0.2, 0.25) is 0 Å². The van der Waals surface area contributed by atoms with E-state index in [1.165, 1.54) is 32.1 Å². The molecule has 98 valence electrons. The zero-order chi connectivity index (χ0) is 12.7. The molecule has 0 aromatic heterocycles. The van der Waals surface area contributed by atoms with Crippen LogP contribution >= 0.6 is 0 Å². The Labute approximate surface area is 107 Å². The summed E-state index contributed by atoms with van der Waals surface area (Å²) in [5.41, 5.74) is -0.161. The lowest BCUT2D eigenvalue weighted by Gasteiger charge is -2.37. The fraction of sp³-hybridized carbons (Fsp3) is 0.933. The topological polar surface area (TPSA) is 27.0 Å². The van der Waals surface area contributed by atoms with Gasteiger partial charge < -0.3 is 0 Å². The Hall–Kier alpha value is -0.550. The van der Waals surface area contributed by atoms with Crippen LogP contribution in [0.25, 0.3) is 0 Å². The number of nitriles is 1. The van der Waals surface area contributed by atoms with Crippen LogP contribution in [0.3, 0.4) is 0 Å². The van der Waals surface area contributed by atoms with Gasteiger partial charge in [0.25, 0.3) is 0 Å². The van der Waals surface area contributed by atoms with Crippen LogP contribution < -0.4 is 0 Å². The van der Waals surface area contributed by atoms with Gasteiger partial charge in [0.05, 0.1) is 6.07 Å². The molecule has 1 aliphatic rings. The summed E-state index contributed by atoms with van der Waals surface area (Å²) >= 11 is 0. The minimum absolute atomic E-state index is 0.161. The molecular formula is C15H28N2. The molecule has 0 amide bonds. The van der Waals surface area contributed by atoms with Crippen molar-refractivity contribution >= 4 is 0 Å². The molecule has 1 aliphatic carbocycles. The average Bonchev–Trinajstić information content (AvgIpc) is 2.55. The van der Waals surface area contributed by atoms with Gasteiger partial charge in [0.15, 0.2) is 0 Å². The van der Waals surface area contributed by atoms with Crippen LogP contribution in [0.5, 0.6) is 0 Å². The van der Waals surface area contributed by atoms with Gasteiger partial charge in [-0.05, 0) is 38.3 Å². The smallest absolute Gasteiger partial charge is 0.109 e. The van der Waals surface area contributed by atoms with Gasteiger partial charge in [-0.2, -0.15) is 5.26 Å². The predicted molar refractivity (Wildman–Crippen MR) is 72.7 cm³/mol. The molecule has 0 bridgehead atoms. The maximum absolute atomic E-state index is 9.62. The maximum atomic E-state index is 9.62. The van der Waals surface area contributed by atoms with E-state index in [0.717, 1.165) is 31.8 Å². The summed E-state index contributed by atoms with van der Waals surface area (Å²) in [7, 11) is 0. The fourth-order valence-corrected chi connectivity index (χ4v) is 3.42. The minimum atomic E-state index is -0.161. The highest BCUT2D eigenvalue weighted by atomic mass is 15.2. The van der Waals surface area contributed by atoms with E-state index in [4.69, 9.17) is 0 Å². The number of hydrogen-bond acceptors (Lipinski definition) is 2. The number of nitrogens with zero attached hydrogens (tertiary/aromatic N) is 2. The minimum Gasteiger partial charge on any atom is -0.286 e. The molecule has 0 aromatic carbocycles. The third kappa shape index (κ3) is 3.45. The summed E-state index contributed by atoms with van der Waals surface area (Å²) in [6.07, 6.45) is 8.60. The largest absolute Gasteiger partial charge is 0.286 e. The Bertz CT molecular complexity index is 252. The number of hydrogen-bond donors (Lipinski definition) is 0. The van der Waals surface area contributed by atoms with Crippen molar-refractivity contribution in [1.82, 2.24) is 4.90 Å². The third-order valence-corrected chi connectivity index (χ3v) is 4.44. The molecule has 2 nitrogen and oxygen atoms in total. The van der Waals surface area contributed by atoms with Crippen molar-refractivity contribution in [3.8, 4) is 6.07 Å². The van der Waals surface area contributed by atoms with Crippen molar-refractivity contribution in [2.75, 3.05) is 13.1 Å². The van der Waals surface area contributed by atoms with Crippen LogP contribution in [0.15, 0.2) is 0 Å². The molecular weight excluding hydrogens is 208 g/mol. The summed E-state index contributed by atoms with van der Waals surface area (Å²) in [4.78, 5) is 2.38. The first-order valence-corrected chi connectivity index (χ1v) is 7.38. The molecule has 0 aromatic rings. The molecule has 0 aliphatic heterocycles. The van der Waals surface area contributed by atoms with Gasteiger partial charge in [0, 0.05) is 0 Å². The van der Waals surface area contributed by atoms with Gasteiger partial charge >= 0.3 is 0 Å². The first-order valence-electron chi connectivity index (χ1n) is 7.38. The molecule has 1 rings (SSSR count). The van der Waals surface area contributed by atoms with E-state index in [-0.39, 0.29) is 5.54 Å². The van der Waals surface area contributed by atoms with Gasteiger partial charge in [-0.15, -0.1) is 0 Å². The predicted octanol–water partition coefficient (Wildman–Crippen LogP) is 3.97. The lowest BCUT2D eigenvalue weighted by atomic mass is 9.88. The van der Waals surface area contributed by atoms with E-state index >= 15 is 0 Å². The molecule has 2 heteroatoms. The standard InChI is InChI=1S/C15H28N2/c1-4-8-14-9-7-11-15(13-16,12-10-14)17(5-2)6-3/h14H,4-12H2,1-3H3. The van der Waals surface area contributed by atoms with E-state index in [1.54, 1.807) is 0 Å². The molecule has 1 saturated carbocycles. The molecule has 0 heterocycles.